The molecular formula is C20H29NO4SSi. The van der Waals surface area contributed by atoms with E-state index in [4.69, 9.17) is 18.6 Å². The van der Waals surface area contributed by atoms with Gasteiger partial charge in [-0.3, -0.25) is 0 Å². The predicted octanol–water partition coefficient (Wildman–Crippen LogP) is 4.99. The summed E-state index contributed by atoms with van der Waals surface area (Å²) in [5.41, 5.74) is 0.938. The molecule has 0 amide bonds. The standard InChI is InChI=1S/C20H29NO4SSi/c1-20(2,3)27(5,6)23-13-14-11-12-16(18(22-4)24-14)25-19-21-15-9-7-8-10-17(15)26-19/h7-12,14,16,18H,13H2,1-6H3/t14-,16+,18-/m0/s1. The zero-order valence-electron chi connectivity index (χ0n) is 16.9. The Labute approximate surface area is 166 Å². The van der Waals surface area contributed by atoms with E-state index in [1.165, 1.54) is 11.3 Å². The summed E-state index contributed by atoms with van der Waals surface area (Å²) in [5, 5.41) is 0.789. The van der Waals surface area contributed by atoms with Gasteiger partial charge >= 0.3 is 0 Å². The molecule has 0 saturated heterocycles. The lowest BCUT2D eigenvalue weighted by molar-refractivity contribution is -0.189. The van der Waals surface area contributed by atoms with Gasteiger partial charge in [-0.1, -0.05) is 50.3 Å². The Kier molecular flexibility index (Phi) is 6.07. The molecule has 3 rings (SSSR count). The Morgan fingerprint density at radius 2 is 1.93 bits per heavy atom. The Bertz CT molecular complexity index is 766. The van der Waals surface area contributed by atoms with E-state index < -0.39 is 14.6 Å². The van der Waals surface area contributed by atoms with E-state index >= 15 is 0 Å². The SMILES string of the molecule is CO[C@H]1O[C@H](CO[Si](C)(C)C(C)(C)C)C=C[C@H]1Oc1nc2ccccc2s1. The van der Waals surface area contributed by atoms with Gasteiger partial charge in [0.05, 0.1) is 16.8 Å². The summed E-state index contributed by atoms with van der Waals surface area (Å²) in [4.78, 5) is 4.52. The van der Waals surface area contributed by atoms with Crippen LogP contribution in [0, 0.1) is 0 Å². The molecule has 0 N–H and O–H groups in total. The van der Waals surface area contributed by atoms with Crippen LogP contribution in [0.1, 0.15) is 20.8 Å². The number of hydrogen-bond donors (Lipinski definition) is 0. The van der Waals surface area contributed by atoms with Crippen molar-refractivity contribution in [2.45, 2.75) is 57.4 Å². The summed E-state index contributed by atoms with van der Waals surface area (Å²) >= 11 is 1.52. The normalized spacial score (nSPS) is 23.7. The Morgan fingerprint density at radius 3 is 2.59 bits per heavy atom. The van der Waals surface area contributed by atoms with Gasteiger partial charge in [0, 0.05) is 7.11 Å². The van der Waals surface area contributed by atoms with Gasteiger partial charge in [-0.2, -0.15) is 0 Å². The fourth-order valence-corrected chi connectivity index (χ4v) is 4.39. The summed E-state index contributed by atoms with van der Waals surface area (Å²) in [7, 11) is -0.183. The van der Waals surface area contributed by atoms with Crippen molar-refractivity contribution in [3.05, 3.63) is 36.4 Å². The Morgan fingerprint density at radius 1 is 1.19 bits per heavy atom. The third kappa shape index (κ3) is 4.78. The van der Waals surface area contributed by atoms with Crippen molar-refractivity contribution >= 4 is 29.9 Å². The number of methoxy groups -OCH3 is 1. The lowest BCUT2D eigenvalue weighted by atomic mass is 10.2. The van der Waals surface area contributed by atoms with E-state index in [0.717, 1.165) is 10.2 Å². The highest BCUT2D eigenvalue weighted by atomic mass is 32.1. The van der Waals surface area contributed by atoms with Crippen LogP contribution in [-0.4, -0.2) is 45.5 Å². The van der Waals surface area contributed by atoms with Crippen LogP contribution in [0.5, 0.6) is 5.19 Å². The average Bonchev–Trinajstić information content (AvgIpc) is 3.02. The molecule has 1 aliphatic heterocycles. The zero-order chi connectivity index (χ0) is 19.7. The molecule has 0 bridgehead atoms. The molecule has 1 aromatic heterocycles. The van der Waals surface area contributed by atoms with E-state index in [1.54, 1.807) is 7.11 Å². The second-order valence-electron chi connectivity index (χ2n) is 8.26. The summed E-state index contributed by atoms with van der Waals surface area (Å²) in [5.74, 6) is 0. The van der Waals surface area contributed by atoms with Crippen molar-refractivity contribution < 1.29 is 18.6 Å². The van der Waals surface area contributed by atoms with Gasteiger partial charge in [0.2, 0.25) is 0 Å². The minimum atomic E-state index is -1.81. The molecule has 148 valence electrons. The van der Waals surface area contributed by atoms with Crippen molar-refractivity contribution in [2.24, 2.45) is 0 Å². The largest absolute Gasteiger partial charge is 0.457 e. The van der Waals surface area contributed by atoms with Crippen LogP contribution in [0.25, 0.3) is 10.2 Å². The van der Waals surface area contributed by atoms with Crippen LogP contribution in [0.4, 0.5) is 0 Å². The van der Waals surface area contributed by atoms with Crippen molar-refractivity contribution in [3.8, 4) is 5.19 Å². The van der Waals surface area contributed by atoms with Gasteiger partial charge in [-0.15, -0.1) is 0 Å². The van der Waals surface area contributed by atoms with E-state index in [1.807, 2.05) is 36.4 Å². The number of thiazole rings is 1. The number of benzene rings is 1. The molecule has 3 atom stereocenters. The van der Waals surface area contributed by atoms with Gasteiger partial charge in [0.1, 0.15) is 6.10 Å². The molecule has 27 heavy (non-hydrogen) atoms. The van der Waals surface area contributed by atoms with E-state index in [0.29, 0.717) is 11.8 Å². The first-order valence-corrected chi connectivity index (χ1v) is 12.9. The smallest absolute Gasteiger partial charge is 0.275 e. The van der Waals surface area contributed by atoms with Crippen molar-refractivity contribution in [1.82, 2.24) is 4.98 Å². The van der Waals surface area contributed by atoms with Crippen LogP contribution in [0.15, 0.2) is 36.4 Å². The maximum atomic E-state index is 6.28. The second-order valence-corrected chi connectivity index (χ2v) is 14.1. The first kappa shape index (κ1) is 20.5. The third-order valence-electron chi connectivity index (χ3n) is 5.25. The van der Waals surface area contributed by atoms with Crippen molar-refractivity contribution in [3.63, 3.8) is 0 Å². The molecule has 0 radical (unpaired) electrons. The maximum Gasteiger partial charge on any atom is 0.275 e. The first-order valence-electron chi connectivity index (χ1n) is 9.22. The highest BCUT2D eigenvalue weighted by molar-refractivity contribution is 7.20. The number of nitrogens with zero attached hydrogens (tertiary/aromatic N) is 1. The molecule has 1 aromatic carbocycles. The highest BCUT2D eigenvalue weighted by Crippen LogP contribution is 2.37. The third-order valence-corrected chi connectivity index (χ3v) is 10.7. The quantitative estimate of drug-likeness (QED) is 0.498. The topological polar surface area (TPSA) is 49.8 Å². The fraction of sp³-hybridized carbons (Fsp3) is 0.550. The van der Waals surface area contributed by atoms with E-state index in [2.05, 4.69) is 38.8 Å². The van der Waals surface area contributed by atoms with Gasteiger partial charge in [-0.25, -0.2) is 4.98 Å². The number of fused-ring (bicyclic) bond motifs is 1. The van der Waals surface area contributed by atoms with Crippen LogP contribution in [0.2, 0.25) is 18.1 Å². The molecule has 5 nitrogen and oxygen atoms in total. The van der Waals surface area contributed by atoms with Crippen LogP contribution in [0.3, 0.4) is 0 Å². The molecule has 2 heterocycles. The van der Waals surface area contributed by atoms with Crippen molar-refractivity contribution in [1.29, 1.82) is 0 Å². The first-order chi connectivity index (χ1) is 12.7. The van der Waals surface area contributed by atoms with Crippen LogP contribution >= 0.6 is 11.3 Å². The lowest BCUT2D eigenvalue weighted by Gasteiger charge is -2.38. The second kappa shape index (κ2) is 8.01. The molecule has 7 heteroatoms. The van der Waals surface area contributed by atoms with Crippen molar-refractivity contribution in [2.75, 3.05) is 13.7 Å². The number of aromatic nitrogens is 1. The molecule has 0 saturated carbocycles. The number of para-hydroxylation sites is 1. The van der Waals surface area contributed by atoms with Gasteiger partial charge in [-0.05, 0) is 36.3 Å². The maximum absolute atomic E-state index is 6.28. The molecule has 0 aliphatic carbocycles. The average molecular weight is 408 g/mol. The summed E-state index contributed by atoms with van der Waals surface area (Å²) in [6, 6.07) is 7.99. The lowest BCUT2D eigenvalue weighted by Crippen LogP contribution is -2.45. The summed E-state index contributed by atoms with van der Waals surface area (Å²) < 4.78 is 25.0. The molecule has 2 aromatic rings. The van der Waals surface area contributed by atoms with E-state index in [-0.39, 0.29) is 17.2 Å². The van der Waals surface area contributed by atoms with Gasteiger partial charge in [0.15, 0.2) is 20.7 Å². The molecular weight excluding hydrogens is 378 g/mol. The minimum Gasteiger partial charge on any atom is -0.457 e. The Hall–Kier alpha value is -1.25. The zero-order valence-corrected chi connectivity index (χ0v) is 18.7. The monoisotopic (exact) mass is 407 g/mol. The van der Waals surface area contributed by atoms with Crippen LogP contribution in [-0.2, 0) is 13.9 Å². The summed E-state index contributed by atoms with van der Waals surface area (Å²) in [6.07, 6.45) is 3.03. The summed E-state index contributed by atoms with van der Waals surface area (Å²) in [6.45, 7) is 11.7. The highest BCUT2D eigenvalue weighted by Gasteiger charge is 2.38. The fourth-order valence-electron chi connectivity index (χ4n) is 2.52. The molecule has 0 fully saturated rings. The Balaban J connectivity index is 1.64. The minimum absolute atomic E-state index is 0.140. The molecule has 1 aliphatic rings. The number of ether oxygens (including phenoxy) is 3. The van der Waals surface area contributed by atoms with Gasteiger partial charge in [0.25, 0.3) is 5.19 Å². The van der Waals surface area contributed by atoms with Crippen LogP contribution < -0.4 is 4.74 Å². The van der Waals surface area contributed by atoms with Gasteiger partial charge < -0.3 is 18.6 Å². The molecule has 0 spiro atoms. The number of hydrogen-bond acceptors (Lipinski definition) is 6. The van der Waals surface area contributed by atoms with E-state index in [9.17, 15) is 0 Å². The molecule has 0 unspecified atom stereocenters. The number of rotatable bonds is 6. The predicted molar refractivity (Wildman–Crippen MR) is 112 cm³/mol.